The number of halogens is 1. The fraction of sp³-hybridized carbons (Fsp3) is 0. The molecule has 0 saturated heterocycles. The van der Waals surface area contributed by atoms with E-state index in [1.54, 1.807) is 0 Å². The Morgan fingerprint density at radius 3 is 1.36 bits per heavy atom. The van der Waals surface area contributed by atoms with E-state index in [-0.39, 0.29) is 66.5 Å². The van der Waals surface area contributed by atoms with Crippen LogP contribution < -0.4 is 14.0 Å². The van der Waals surface area contributed by atoms with Gasteiger partial charge in [0.2, 0.25) is 0 Å². The minimum atomic E-state index is -4.69. The van der Waals surface area contributed by atoms with Crippen LogP contribution in [-0.4, -0.2) is 75.7 Å². The molecule has 0 amide bonds. The van der Waals surface area contributed by atoms with Gasteiger partial charge in [-0.15, -0.1) is 10.1 Å². The van der Waals surface area contributed by atoms with Gasteiger partial charge in [-0.1, -0.05) is 0 Å². The molecule has 0 aromatic carbocycles. The largest absolute Gasteiger partial charge is 2.00 e. The molecule has 0 radical (unpaired) electrons. The molecular formula is H6CaClMgNO7. The Bertz CT molecular complexity index is 93.5. The molecule has 0 spiro atoms. The molecule has 0 saturated carbocycles. The van der Waals surface area contributed by atoms with E-state index in [9.17, 15) is 0 Å². The van der Waals surface area contributed by atoms with E-state index in [4.69, 9.17) is 34.0 Å². The molecule has 8 nitrogen and oxygen atoms in total. The van der Waals surface area contributed by atoms with Crippen molar-refractivity contribution in [3.8, 4) is 0 Å². The molecule has 0 aromatic heterocycles. The van der Waals surface area contributed by atoms with E-state index in [0.29, 0.717) is 0 Å². The summed E-state index contributed by atoms with van der Waals surface area (Å²) in [7, 11) is -4.69. The van der Waals surface area contributed by atoms with Crippen LogP contribution in [0.1, 0.15) is 5.71 Å². The van der Waals surface area contributed by atoms with Crippen LogP contribution in [0.2, 0.25) is 0 Å². The van der Waals surface area contributed by atoms with E-state index in [1.807, 2.05) is 0 Å². The average Bonchev–Trinajstić information content (AvgIpc) is 1.19. The molecule has 64 valence electrons. The van der Waals surface area contributed by atoms with Crippen molar-refractivity contribution in [1.82, 2.24) is 0 Å². The second kappa shape index (κ2) is 11.4. The Balaban J connectivity index is -0.00000000785. The monoisotopic (exact) mass is 231 g/mol. The zero-order valence-electron chi connectivity index (χ0n) is 9.18. The van der Waals surface area contributed by atoms with Crippen LogP contribution in [-0.2, 0) is 0 Å². The van der Waals surface area contributed by atoms with E-state index in [1.165, 1.54) is 0 Å². The second-order valence-corrected chi connectivity index (χ2v) is 1.43. The smallest absolute Gasteiger partial charge is 1.00 e. The Morgan fingerprint density at radius 2 is 1.36 bits per heavy atom. The van der Waals surface area contributed by atoms with Crippen molar-refractivity contribution in [3.63, 3.8) is 0 Å². The van der Waals surface area contributed by atoms with E-state index in [0.717, 1.165) is 0 Å². The summed E-state index contributed by atoms with van der Waals surface area (Å²) in [5, 5.41) is 13.6. The molecule has 0 aromatic rings. The first-order chi connectivity index (χ1) is 3.73. The van der Waals surface area contributed by atoms with Crippen LogP contribution in [0.4, 0.5) is 0 Å². The molecule has 0 atom stereocenters. The normalized spacial score (nSPS) is 7.64. The zero-order chi connectivity index (χ0) is 8.08. The number of nitrogens with zero attached hydrogens (tertiary/aromatic N) is 1. The predicted octanol–water partition coefficient (Wildman–Crippen LogP) is -4.78. The Hall–Kier alpha value is 1.36. The van der Waals surface area contributed by atoms with Gasteiger partial charge in [0.1, 0.15) is 0 Å². The van der Waals surface area contributed by atoms with Gasteiger partial charge in [0.15, 0.2) is 0 Å². The maximum absolute atomic E-state index is 8.60. The van der Waals surface area contributed by atoms with Crippen molar-refractivity contribution in [2.45, 2.75) is 0 Å². The summed E-state index contributed by atoms with van der Waals surface area (Å²) >= 11 is 0. The number of rotatable bonds is 0. The van der Waals surface area contributed by atoms with Gasteiger partial charge in [0, 0.05) is 0 Å². The minimum absolute atomic E-state index is 0. The van der Waals surface area contributed by atoms with Crippen molar-refractivity contribution in [2.24, 2.45) is 0 Å². The van der Waals surface area contributed by atoms with Crippen LogP contribution in [0.15, 0.2) is 0 Å². The predicted molar refractivity (Wildman–Crippen MR) is 27.0 cm³/mol. The fourth-order valence-corrected chi connectivity index (χ4v) is 0. The summed E-state index contributed by atoms with van der Waals surface area (Å²) in [6.07, 6.45) is 0. The van der Waals surface area contributed by atoms with Crippen LogP contribution in [0.5, 0.6) is 0 Å². The topological polar surface area (TPSA) is 153 Å². The van der Waals surface area contributed by atoms with Gasteiger partial charge in [-0.25, -0.2) is 0 Å². The third kappa shape index (κ3) is 541. The van der Waals surface area contributed by atoms with E-state index < -0.39 is 15.3 Å². The molecule has 0 rings (SSSR count). The number of hydrogen-bond acceptors (Lipinski definition) is 6. The summed E-state index contributed by atoms with van der Waals surface area (Å²) in [6, 6.07) is 0. The van der Waals surface area contributed by atoms with Crippen LogP contribution in [0.3, 0.4) is 0 Å². The molecular weight excluding hydrogens is 226 g/mol. The standard InChI is InChI=1S/Ca.ClHO4.Mg.HNO3.4H/c;2-1(3,4)5;;2-1(3)4;;;;/h;(H,2,3,4,5);;(H,2,3,4);;;;/q+2;;+2;;4*-1. The van der Waals surface area contributed by atoms with Crippen molar-refractivity contribution < 1.29 is 44.9 Å². The number of hydrogen-bond donors (Lipinski definition) is 2. The minimum Gasteiger partial charge on any atom is -1.00 e. The van der Waals surface area contributed by atoms with Gasteiger partial charge in [-0.2, -0.15) is 14.0 Å². The van der Waals surface area contributed by atoms with E-state index >= 15 is 0 Å². The Morgan fingerprint density at radius 1 is 1.36 bits per heavy atom. The molecule has 0 aliphatic rings. The SMILES string of the molecule is O=[N+]([O-])O.[Ca+2].[H-].[H-].[H-].[H-].[Mg+2].[O-][Cl+3]([O-])([O-])O. The summed E-state index contributed by atoms with van der Waals surface area (Å²) in [4.78, 5) is 8.36. The molecule has 2 N–H and O–H groups in total. The molecule has 0 aliphatic carbocycles. The first kappa shape index (κ1) is 22.8. The van der Waals surface area contributed by atoms with Gasteiger partial charge in [-0.05, 0) is 0 Å². The molecule has 0 unspecified atom stereocenters. The molecule has 11 heteroatoms. The van der Waals surface area contributed by atoms with Crippen molar-refractivity contribution in [2.75, 3.05) is 0 Å². The first-order valence-electron chi connectivity index (χ1n) is 1.20. The molecule has 0 fully saturated rings. The van der Waals surface area contributed by atoms with Gasteiger partial charge in [0.25, 0.3) is 5.09 Å². The maximum Gasteiger partial charge on any atom is 2.00 e. The van der Waals surface area contributed by atoms with Crippen molar-refractivity contribution in [3.05, 3.63) is 10.1 Å². The zero-order valence-corrected chi connectivity index (χ0v) is 9.55. The third-order valence-corrected chi connectivity index (χ3v) is 0. The van der Waals surface area contributed by atoms with Crippen molar-refractivity contribution in [1.29, 1.82) is 0 Å². The Kier molecular flexibility index (Phi) is 23.6. The second-order valence-electron chi connectivity index (χ2n) is 0.634. The summed E-state index contributed by atoms with van der Waals surface area (Å²) in [6.45, 7) is 0. The van der Waals surface area contributed by atoms with E-state index in [2.05, 4.69) is 0 Å². The fourth-order valence-electron chi connectivity index (χ4n) is 0. The quantitative estimate of drug-likeness (QED) is 0.241. The molecule has 0 aliphatic heterocycles. The van der Waals surface area contributed by atoms with Gasteiger partial charge in [0.05, 0.1) is 14.9 Å². The van der Waals surface area contributed by atoms with Crippen LogP contribution in [0.25, 0.3) is 0 Å². The maximum atomic E-state index is 8.60. The molecule has 11 heavy (non-hydrogen) atoms. The summed E-state index contributed by atoms with van der Waals surface area (Å²) in [5.74, 6) is 0. The van der Waals surface area contributed by atoms with Gasteiger partial charge < -0.3 is 10.9 Å². The summed E-state index contributed by atoms with van der Waals surface area (Å²) in [5.41, 5.74) is 0. The molecule has 0 heterocycles. The summed E-state index contributed by atoms with van der Waals surface area (Å²) < 4.78 is 32.7. The third-order valence-electron chi connectivity index (χ3n) is 0. The van der Waals surface area contributed by atoms with Crippen LogP contribution in [0, 0.1) is 20.4 Å². The first-order valence-corrected chi connectivity index (χ1v) is 2.46. The molecule has 0 bridgehead atoms. The average molecular weight is 232 g/mol. The van der Waals surface area contributed by atoms with Crippen molar-refractivity contribution >= 4 is 60.8 Å². The van der Waals surface area contributed by atoms with Gasteiger partial charge in [-0.3, -0.25) is 0 Å². The van der Waals surface area contributed by atoms with Gasteiger partial charge >= 0.3 is 60.8 Å². The van der Waals surface area contributed by atoms with Crippen LogP contribution >= 0.6 is 0 Å². The Labute approximate surface area is 115 Å².